The standard InChI is InChI=1S/C12H22N2/c1-9(2)6-12-7-13-14(8-12)11(5)10(3)4/h7-11H,6H2,1-5H3/t11-/m0/s1. The largest absolute Gasteiger partial charge is 0.269 e. The maximum atomic E-state index is 4.41. The number of nitrogens with zero attached hydrogens (tertiary/aromatic N) is 2. The predicted molar refractivity (Wildman–Crippen MR) is 60.3 cm³/mol. The summed E-state index contributed by atoms with van der Waals surface area (Å²) < 4.78 is 2.09. The van der Waals surface area contributed by atoms with Gasteiger partial charge in [0.15, 0.2) is 0 Å². The Hall–Kier alpha value is -0.790. The minimum Gasteiger partial charge on any atom is -0.269 e. The maximum Gasteiger partial charge on any atom is 0.0521 e. The Morgan fingerprint density at radius 3 is 2.36 bits per heavy atom. The van der Waals surface area contributed by atoms with Gasteiger partial charge in [0.2, 0.25) is 0 Å². The molecule has 1 aromatic rings. The van der Waals surface area contributed by atoms with Gasteiger partial charge in [0.1, 0.15) is 0 Å². The number of hydrogen-bond acceptors (Lipinski definition) is 1. The highest BCUT2D eigenvalue weighted by atomic mass is 15.3. The van der Waals surface area contributed by atoms with Crippen molar-refractivity contribution in [3.8, 4) is 0 Å². The average molecular weight is 194 g/mol. The average Bonchev–Trinajstić information content (AvgIpc) is 2.50. The number of hydrogen-bond donors (Lipinski definition) is 0. The van der Waals surface area contributed by atoms with E-state index < -0.39 is 0 Å². The maximum absolute atomic E-state index is 4.41. The van der Waals surface area contributed by atoms with Crippen LogP contribution in [0.25, 0.3) is 0 Å². The van der Waals surface area contributed by atoms with E-state index in [1.54, 1.807) is 0 Å². The van der Waals surface area contributed by atoms with Crippen LogP contribution in [0.2, 0.25) is 0 Å². The van der Waals surface area contributed by atoms with Crippen LogP contribution in [0.4, 0.5) is 0 Å². The van der Waals surface area contributed by atoms with Crippen molar-refractivity contribution in [2.75, 3.05) is 0 Å². The highest BCUT2D eigenvalue weighted by Gasteiger charge is 2.10. The Bertz CT molecular complexity index is 274. The van der Waals surface area contributed by atoms with Gasteiger partial charge in [0, 0.05) is 6.20 Å². The summed E-state index contributed by atoms with van der Waals surface area (Å²) in [5, 5.41) is 4.41. The zero-order chi connectivity index (χ0) is 10.7. The van der Waals surface area contributed by atoms with Gasteiger partial charge in [0.05, 0.1) is 12.2 Å². The van der Waals surface area contributed by atoms with E-state index in [0.29, 0.717) is 17.9 Å². The van der Waals surface area contributed by atoms with Crippen LogP contribution in [0.15, 0.2) is 12.4 Å². The van der Waals surface area contributed by atoms with Crippen LogP contribution < -0.4 is 0 Å². The summed E-state index contributed by atoms with van der Waals surface area (Å²) >= 11 is 0. The number of aromatic nitrogens is 2. The van der Waals surface area contributed by atoms with Gasteiger partial charge in [0.25, 0.3) is 0 Å². The molecular weight excluding hydrogens is 172 g/mol. The molecule has 2 nitrogen and oxygen atoms in total. The first-order valence-corrected chi connectivity index (χ1v) is 5.53. The molecule has 0 unspecified atom stereocenters. The van der Waals surface area contributed by atoms with E-state index in [9.17, 15) is 0 Å². The molecule has 0 amide bonds. The molecule has 0 aliphatic rings. The normalized spacial score (nSPS) is 13.9. The van der Waals surface area contributed by atoms with E-state index in [1.165, 1.54) is 5.56 Å². The first-order valence-electron chi connectivity index (χ1n) is 5.53. The fraction of sp³-hybridized carbons (Fsp3) is 0.750. The molecule has 0 saturated heterocycles. The van der Waals surface area contributed by atoms with E-state index in [0.717, 1.165) is 6.42 Å². The van der Waals surface area contributed by atoms with E-state index in [4.69, 9.17) is 0 Å². The third-order valence-electron chi connectivity index (χ3n) is 2.68. The van der Waals surface area contributed by atoms with Gasteiger partial charge in [-0.2, -0.15) is 5.10 Å². The van der Waals surface area contributed by atoms with E-state index in [1.807, 2.05) is 6.20 Å². The smallest absolute Gasteiger partial charge is 0.0521 e. The van der Waals surface area contributed by atoms with Crippen LogP contribution in [0.5, 0.6) is 0 Å². The lowest BCUT2D eigenvalue weighted by atomic mass is 10.1. The van der Waals surface area contributed by atoms with Crippen LogP contribution in [-0.2, 0) is 6.42 Å². The minimum atomic E-state index is 0.496. The van der Waals surface area contributed by atoms with Crippen molar-refractivity contribution in [1.29, 1.82) is 0 Å². The highest BCUT2D eigenvalue weighted by Crippen LogP contribution is 2.17. The molecule has 0 radical (unpaired) electrons. The molecule has 14 heavy (non-hydrogen) atoms. The Balaban J connectivity index is 2.67. The number of rotatable bonds is 4. The highest BCUT2D eigenvalue weighted by molar-refractivity contribution is 5.05. The zero-order valence-electron chi connectivity index (χ0n) is 9.99. The second-order valence-corrected chi connectivity index (χ2v) is 4.91. The van der Waals surface area contributed by atoms with E-state index in [-0.39, 0.29) is 0 Å². The Labute approximate surface area is 87.3 Å². The van der Waals surface area contributed by atoms with Crippen LogP contribution in [0, 0.1) is 11.8 Å². The van der Waals surface area contributed by atoms with Gasteiger partial charge in [-0.05, 0) is 30.7 Å². The lowest BCUT2D eigenvalue weighted by Gasteiger charge is -2.15. The third kappa shape index (κ3) is 2.86. The van der Waals surface area contributed by atoms with Crippen molar-refractivity contribution in [3.05, 3.63) is 18.0 Å². The first kappa shape index (κ1) is 11.3. The molecule has 1 rings (SSSR count). The first-order chi connectivity index (χ1) is 6.50. The molecule has 0 aromatic carbocycles. The molecule has 0 bridgehead atoms. The minimum absolute atomic E-state index is 0.496. The van der Waals surface area contributed by atoms with Crippen LogP contribution in [0.3, 0.4) is 0 Å². The molecule has 1 atom stereocenters. The molecule has 2 heteroatoms. The Kier molecular flexibility index (Phi) is 3.73. The van der Waals surface area contributed by atoms with Crippen molar-refractivity contribution in [1.82, 2.24) is 9.78 Å². The van der Waals surface area contributed by atoms with E-state index in [2.05, 4.69) is 50.6 Å². The van der Waals surface area contributed by atoms with Crippen molar-refractivity contribution in [2.45, 2.75) is 47.1 Å². The summed E-state index contributed by atoms with van der Waals surface area (Å²) in [6.07, 6.45) is 5.31. The SMILES string of the molecule is CC(C)Cc1cnn([C@@H](C)C(C)C)c1. The van der Waals surface area contributed by atoms with Crippen molar-refractivity contribution < 1.29 is 0 Å². The lowest BCUT2D eigenvalue weighted by Crippen LogP contribution is -2.11. The second kappa shape index (κ2) is 4.63. The molecule has 1 aromatic heterocycles. The molecule has 80 valence electrons. The summed E-state index contributed by atoms with van der Waals surface area (Å²) in [6, 6.07) is 0.496. The Morgan fingerprint density at radius 1 is 1.21 bits per heavy atom. The molecule has 0 aliphatic heterocycles. The lowest BCUT2D eigenvalue weighted by molar-refractivity contribution is 0.375. The summed E-state index contributed by atoms with van der Waals surface area (Å²) in [4.78, 5) is 0. The van der Waals surface area contributed by atoms with Crippen LogP contribution >= 0.6 is 0 Å². The molecule has 0 N–H and O–H groups in total. The van der Waals surface area contributed by atoms with E-state index >= 15 is 0 Å². The second-order valence-electron chi connectivity index (χ2n) is 4.91. The monoisotopic (exact) mass is 194 g/mol. The summed E-state index contributed by atoms with van der Waals surface area (Å²) in [7, 11) is 0. The van der Waals surface area contributed by atoms with Gasteiger partial charge in [-0.3, -0.25) is 4.68 Å². The zero-order valence-corrected chi connectivity index (χ0v) is 9.99. The van der Waals surface area contributed by atoms with Crippen molar-refractivity contribution in [2.24, 2.45) is 11.8 Å². The van der Waals surface area contributed by atoms with Crippen LogP contribution in [0.1, 0.15) is 46.2 Å². The predicted octanol–water partition coefficient (Wildman–Crippen LogP) is 3.30. The van der Waals surface area contributed by atoms with Crippen LogP contribution in [-0.4, -0.2) is 9.78 Å². The fourth-order valence-corrected chi connectivity index (χ4v) is 1.48. The summed E-state index contributed by atoms with van der Waals surface area (Å²) in [5.74, 6) is 1.35. The summed E-state index contributed by atoms with van der Waals surface area (Å²) in [5.41, 5.74) is 1.35. The molecule has 1 heterocycles. The molecular formula is C12H22N2. The van der Waals surface area contributed by atoms with Crippen molar-refractivity contribution >= 4 is 0 Å². The van der Waals surface area contributed by atoms with Gasteiger partial charge >= 0.3 is 0 Å². The molecule has 0 saturated carbocycles. The van der Waals surface area contributed by atoms with Gasteiger partial charge in [-0.1, -0.05) is 27.7 Å². The fourth-order valence-electron chi connectivity index (χ4n) is 1.48. The molecule has 0 fully saturated rings. The van der Waals surface area contributed by atoms with Gasteiger partial charge in [-0.25, -0.2) is 0 Å². The Morgan fingerprint density at radius 2 is 1.86 bits per heavy atom. The quantitative estimate of drug-likeness (QED) is 0.719. The summed E-state index contributed by atoms with van der Waals surface area (Å²) in [6.45, 7) is 11.2. The molecule has 0 aliphatic carbocycles. The third-order valence-corrected chi connectivity index (χ3v) is 2.68. The van der Waals surface area contributed by atoms with Gasteiger partial charge < -0.3 is 0 Å². The molecule has 0 spiro atoms. The van der Waals surface area contributed by atoms with Crippen molar-refractivity contribution in [3.63, 3.8) is 0 Å². The van der Waals surface area contributed by atoms with Gasteiger partial charge in [-0.15, -0.1) is 0 Å². The topological polar surface area (TPSA) is 17.8 Å².